The number of nitrogens with zero attached hydrogens (tertiary/aromatic N) is 3. The highest BCUT2D eigenvalue weighted by Gasteiger charge is 2.30. The second-order valence-electron chi connectivity index (χ2n) is 4.88. The lowest BCUT2D eigenvalue weighted by molar-refractivity contribution is -0.153. The number of ether oxygens (including phenoxy) is 2. The molecule has 0 amide bonds. The van der Waals surface area contributed by atoms with Crippen LogP contribution in [0.4, 0.5) is 0 Å². The molecule has 9 nitrogen and oxygen atoms in total. The first-order chi connectivity index (χ1) is 12.0. The molecule has 0 aromatic carbocycles. The fraction of sp³-hybridized carbons (Fsp3) is 0.375. The lowest BCUT2D eigenvalue weighted by Crippen LogP contribution is -2.23. The van der Waals surface area contributed by atoms with Gasteiger partial charge in [-0.2, -0.15) is 0 Å². The van der Waals surface area contributed by atoms with E-state index >= 15 is 0 Å². The van der Waals surface area contributed by atoms with Crippen molar-refractivity contribution in [2.24, 2.45) is 0 Å². The molecule has 2 aromatic rings. The lowest BCUT2D eigenvalue weighted by atomic mass is 10.2. The Morgan fingerprint density at radius 2 is 1.44 bits per heavy atom. The molecule has 2 atom stereocenters. The molecule has 25 heavy (non-hydrogen) atoms. The molecule has 0 fully saturated rings. The number of carbonyl (C=O) groups is 2. The van der Waals surface area contributed by atoms with Crippen LogP contribution in [0.25, 0.3) is 5.95 Å². The van der Waals surface area contributed by atoms with E-state index in [2.05, 4.69) is 9.97 Å². The Labute approximate surface area is 143 Å². The largest absolute Gasteiger partial charge is 0.464 e. The molecule has 2 rings (SSSR count). The molecule has 2 heterocycles. The Morgan fingerprint density at radius 3 is 1.84 bits per heavy atom. The van der Waals surface area contributed by atoms with Crippen molar-refractivity contribution in [1.29, 1.82) is 0 Å². The highest BCUT2D eigenvalue weighted by Crippen LogP contribution is 2.26. The standard InChI is InChI=1S/C16H19N3O6/c1-3-24-14(22)12(20)10-6-7-11(13(21)15(23)25-4-2)19(10)16-17-8-5-9-18-16/h5-9,12-13,20-21H,3-4H2,1-2H3. The summed E-state index contributed by atoms with van der Waals surface area (Å²) in [5, 5.41) is 20.5. The first-order valence-electron chi connectivity index (χ1n) is 7.69. The van der Waals surface area contributed by atoms with E-state index in [1.54, 1.807) is 19.9 Å². The fourth-order valence-corrected chi connectivity index (χ4v) is 2.22. The topological polar surface area (TPSA) is 124 Å². The first-order valence-corrected chi connectivity index (χ1v) is 7.69. The molecule has 0 aliphatic heterocycles. The average Bonchev–Trinajstić information content (AvgIpc) is 3.06. The fourth-order valence-electron chi connectivity index (χ4n) is 2.22. The van der Waals surface area contributed by atoms with Gasteiger partial charge in [0.25, 0.3) is 0 Å². The molecule has 134 valence electrons. The maximum Gasteiger partial charge on any atom is 0.341 e. The van der Waals surface area contributed by atoms with Crippen molar-refractivity contribution < 1.29 is 29.3 Å². The van der Waals surface area contributed by atoms with Gasteiger partial charge in [-0.25, -0.2) is 19.6 Å². The van der Waals surface area contributed by atoms with Gasteiger partial charge in [0.2, 0.25) is 5.95 Å². The first kappa shape index (κ1) is 18.6. The Bertz CT molecular complexity index is 689. The van der Waals surface area contributed by atoms with Gasteiger partial charge in [-0.1, -0.05) is 0 Å². The number of carbonyl (C=O) groups excluding carboxylic acids is 2. The van der Waals surface area contributed by atoms with Crippen LogP contribution in [-0.4, -0.2) is 49.9 Å². The number of rotatable bonds is 7. The summed E-state index contributed by atoms with van der Waals surface area (Å²) in [5.74, 6) is -1.66. The Morgan fingerprint density at radius 1 is 1.00 bits per heavy atom. The molecule has 0 saturated carbocycles. The zero-order chi connectivity index (χ0) is 18.4. The van der Waals surface area contributed by atoms with Crippen molar-refractivity contribution in [2.45, 2.75) is 26.1 Å². The van der Waals surface area contributed by atoms with E-state index in [0.29, 0.717) is 0 Å². The van der Waals surface area contributed by atoms with Gasteiger partial charge in [0, 0.05) is 12.4 Å². The van der Waals surface area contributed by atoms with Gasteiger partial charge in [-0.3, -0.25) is 4.57 Å². The van der Waals surface area contributed by atoms with Crippen LogP contribution >= 0.6 is 0 Å². The van der Waals surface area contributed by atoms with Gasteiger partial charge in [0.15, 0.2) is 12.2 Å². The molecule has 2 unspecified atom stereocenters. The molecule has 0 aliphatic carbocycles. The average molecular weight is 349 g/mol. The summed E-state index contributed by atoms with van der Waals surface area (Å²) in [4.78, 5) is 31.8. The summed E-state index contributed by atoms with van der Waals surface area (Å²) in [6, 6.07) is 4.35. The molecule has 0 saturated heterocycles. The van der Waals surface area contributed by atoms with E-state index in [0.717, 1.165) is 0 Å². The summed E-state index contributed by atoms with van der Waals surface area (Å²) in [6.45, 7) is 3.41. The zero-order valence-electron chi connectivity index (χ0n) is 13.8. The van der Waals surface area contributed by atoms with Gasteiger partial charge in [-0.15, -0.1) is 0 Å². The van der Waals surface area contributed by atoms with Gasteiger partial charge < -0.3 is 19.7 Å². The van der Waals surface area contributed by atoms with Crippen molar-refractivity contribution in [3.63, 3.8) is 0 Å². The number of aliphatic hydroxyl groups excluding tert-OH is 2. The second kappa shape index (κ2) is 8.36. The minimum atomic E-state index is -1.63. The van der Waals surface area contributed by atoms with Crippen molar-refractivity contribution in [2.75, 3.05) is 13.2 Å². The molecule has 2 N–H and O–H groups in total. The van der Waals surface area contributed by atoms with E-state index in [1.807, 2.05) is 0 Å². The van der Waals surface area contributed by atoms with Crippen LogP contribution in [0.5, 0.6) is 0 Å². The van der Waals surface area contributed by atoms with Gasteiger partial charge in [0.05, 0.1) is 24.6 Å². The third kappa shape index (κ3) is 4.01. The number of hydrogen-bond donors (Lipinski definition) is 2. The van der Waals surface area contributed by atoms with Crippen molar-refractivity contribution >= 4 is 11.9 Å². The zero-order valence-corrected chi connectivity index (χ0v) is 13.8. The Hall–Kier alpha value is -2.78. The number of esters is 2. The van der Waals surface area contributed by atoms with Crippen molar-refractivity contribution in [3.8, 4) is 5.95 Å². The molecular weight excluding hydrogens is 330 g/mol. The Balaban J connectivity index is 2.51. The van der Waals surface area contributed by atoms with E-state index in [4.69, 9.17) is 9.47 Å². The summed E-state index contributed by atoms with van der Waals surface area (Å²) in [7, 11) is 0. The van der Waals surface area contributed by atoms with Crippen LogP contribution in [0, 0.1) is 0 Å². The lowest BCUT2D eigenvalue weighted by Gasteiger charge is -2.17. The van der Waals surface area contributed by atoms with E-state index < -0.39 is 24.1 Å². The van der Waals surface area contributed by atoms with Crippen LogP contribution in [-0.2, 0) is 19.1 Å². The van der Waals surface area contributed by atoms with E-state index in [9.17, 15) is 19.8 Å². The number of aliphatic hydroxyl groups is 2. The van der Waals surface area contributed by atoms with Crippen LogP contribution in [0.3, 0.4) is 0 Å². The Kier molecular flexibility index (Phi) is 6.20. The number of aromatic nitrogens is 3. The highest BCUT2D eigenvalue weighted by molar-refractivity contribution is 5.78. The van der Waals surface area contributed by atoms with E-state index in [-0.39, 0.29) is 30.5 Å². The third-order valence-corrected chi connectivity index (χ3v) is 3.27. The predicted octanol–water partition coefficient (Wildman–Crippen LogP) is 0.460. The summed E-state index contributed by atoms with van der Waals surface area (Å²) in [6.07, 6.45) is -0.369. The minimum Gasteiger partial charge on any atom is -0.464 e. The van der Waals surface area contributed by atoms with Crippen molar-refractivity contribution in [3.05, 3.63) is 42.0 Å². The van der Waals surface area contributed by atoms with Crippen LogP contribution < -0.4 is 0 Å². The van der Waals surface area contributed by atoms with Crippen LogP contribution in [0.15, 0.2) is 30.6 Å². The van der Waals surface area contributed by atoms with Gasteiger partial charge in [-0.05, 0) is 32.0 Å². The van der Waals surface area contributed by atoms with Crippen molar-refractivity contribution in [1.82, 2.24) is 14.5 Å². The molecule has 0 bridgehead atoms. The quantitative estimate of drug-likeness (QED) is 0.691. The third-order valence-electron chi connectivity index (χ3n) is 3.27. The molecular formula is C16H19N3O6. The molecule has 0 spiro atoms. The minimum absolute atomic E-state index is 0.0583. The maximum atomic E-state index is 11.9. The number of hydrogen-bond acceptors (Lipinski definition) is 8. The normalized spacial score (nSPS) is 13.1. The monoisotopic (exact) mass is 349 g/mol. The second-order valence-corrected chi connectivity index (χ2v) is 4.88. The maximum absolute atomic E-state index is 11.9. The highest BCUT2D eigenvalue weighted by atomic mass is 16.5. The summed E-state index contributed by atoms with van der Waals surface area (Å²) < 4.78 is 10.8. The smallest absolute Gasteiger partial charge is 0.341 e. The molecule has 0 aliphatic rings. The molecule has 0 radical (unpaired) electrons. The summed E-state index contributed by atoms with van der Waals surface area (Å²) >= 11 is 0. The summed E-state index contributed by atoms with van der Waals surface area (Å²) in [5.41, 5.74) is 0.117. The molecule has 9 heteroatoms. The predicted molar refractivity (Wildman–Crippen MR) is 84.5 cm³/mol. The SMILES string of the molecule is CCOC(=O)C(O)c1ccc(C(O)C(=O)OCC)n1-c1ncccn1. The van der Waals surface area contributed by atoms with E-state index in [1.165, 1.54) is 29.1 Å². The van der Waals surface area contributed by atoms with Crippen LogP contribution in [0.1, 0.15) is 37.4 Å². The van der Waals surface area contributed by atoms with Gasteiger partial charge >= 0.3 is 11.9 Å². The molecule has 2 aromatic heterocycles. The van der Waals surface area contributed by atoms with Gasteiger partial charge in [0.1, 0.15) is 0 Å². The van der Waals surface area contributed by atoms with Crippen LogP contribution in [0.2, 0.25) is 0 Å².